The lowest BCUT2D eigenvalue weighted by Crippen LogP contribution is -2.48. The highest BCUT2D eigenvalue weighted by molar-refractivity contribution is 7.99. The molecule has 0 aromatic heterocycles. The zero-order chi connectivity index (χ0) is 13.6. The van der Waals surface area contributed by atoms with E-state index < -0.39 is 0 Å². The number of benzene rings is 1. The molecule has 0 aliphatic heterocycles. The topological polar surface area (TPSA) is 55.1 Å². The molecule has 1 aromatic rings. The van der Waals surface area contributed by atoms with Crippen LogP contribution in [0.15, 0.2) is 29.2 Å². The fourth-order valence-corrected chi connectivity index (χ4v) is 2.14. The third-order valence-corrected chi connectivity index (χ3v) is 3.41. The maximum atomic E-state index is 12.7. The van der Waals surface area contributed by atoms with E-state index in [0.717, 1.165) is 4.90 Å². The van der Waals surface area contributed by atoms with Crippen LogP contribution in [0.2, 0.25) is 0 Å². The number of hydrogen-bond acceptors (Lipinski definition) is 3. The first-order chi connectivity index (χ1) is 8.43. The van der Waals surface area contributed by atoms with Gasteiger partial charge in [0.25, 0.3) is 0 Å². The highest BCUT2D eigenvalue weighted by Gasteiger charge is 2.17. The molecular weight excluding hydrogens is 287 g/mol. The van der Waals surface area contributed by atoms with Crippen LogP contribution in [0.25, 0.3) is 0 Å². The Hall–Kier alpha value is -0.780. The summed E-state index contributed by atoms with van der Waals surface area (Å²) in [5.41, 5.74) is 5.17. The number of thioether (sulfide) groups is 1. The van der Waals surface area contributed by atoms with E-state index in [1.54, 1.807) is 12.1 Å². The molecule has 0 saturated carbocycles. The SMILES string of the molecule is CC(C)(CN)NC(=O)CCSc1ccc(F)cc1.Cl. The zero-order valence-electron chi connectivity index (χ0n) is 11.1. The predicted molar refractivity (Wildman–Crippen MR) is 80.3 cm³/mol. The Morgan fingerprint density at radius 2 is 1.95 bits per heavy atom. The van der Waals surface area contributed by atoms with Crippen molar-refractivity contribution in [2.24, 2.45) is 5.73 Å². The molecule has 0 saturated heterocycles. The lowest BCUT2D eigenvalue weighted by atomic mass is 10.1. The standard InChI is InChI=1S/C13H19FN2OS.ClH/c1-13(2,9-15)16-12(17)7-8-18-11-5-3-10(14)4-6-11;/h3-6H,7-9,15H2,1-2H3,(H,16,17);1H. The predicted octanol–water partition coefficient (Wildman–Crippen LogP) is 2.58. The number of rotatable bonds is 6. The third-order valence-electron chi connectivity index (χ3n) is 2.40. The average Bonchev–Trinajstić information content (AvgIpc) is 2.31. The summed E-state index contributed by atoms with van der Waals surface area (Å²) < 4.78 is 12.7. The molecule has 1 rings (SSSR count). The second-order valence-corrected chi connectivity index (χ2v) is 5.86. The van der Waals surface area contributed by atoms with Crippen molar-refractivity contribution in [3.05, 3.63) is 30.1 Å². The van der Waals surface area contributed by atoms with Crippen LogP contribution < -0.4 is 11.1 Å². The van der Waals surface area contributed by atoms with Gasteiger partial charge in [0.15, 0.2) is 0 Å². The molecule has 3 N–H and O–H groups in total. The van der Waals surface area contributed by atoms with Gasteiger partial charge in [0.1, 0.15) is 5.82 Å². The van der Waals surface area contributed by atoms with Crippen LogP contribution in [0.3, 0.4) is 0 Å². The number of nitrogens with two attached hydrogens (primary N) is 1. The van der Waals surface area contributed by atoms with Crippen LogP contribution in [-0.4, -0.2) is 23.7 Å². The van der Waals surface area contributed by atoms with Crippen LogP contribution >= 0.6 is 24.2 Å². The van der Waals surface area contributed by atoms with E-state index in [1.165, 1.54) is 23.9 Å². The smallest absolute Gasteiger partial charge is 0.221 e. The minimum Gasteiger partial charge on any atom is -0.350 e. The first-order valence-electron chi connectivity index (χ1n) is 5.82. The summed E-state index contributed by atoms with van der Waals surface area (Å²) in [7, 11) is 0. The molecule has 0 aliphatic carbocycles. The molecule has 0 atom stereocenters. The molecule has 0 radical (unpaired) electrons. The van der Waals surface area contributed by atoms with Crippen molar-refractivity contribution in [1.29, 1.82) is 0 Å². The van der Waals surface area contributed by atoms with Gasteiger partial charge in [-0.15, -0.1) is 24.2 Å². The Morgan fingerprint density at radius 3 is 2.47 bits per heavy atom. The van der Waals surface area contributed by atoms with Gasteiger partial charge in [-0.3, -0.25) is 4.79 Å². The summed E-state index contributed by atoms with van der Waals surface area (Å²) in [4.78, 5) is 12.6. The molecule has 0 bridgehead atoms. The van der Waals surface area contributed by atoms with E-state index in [2.05, 4.69) is 5.32 Å². The summed E-state index contributed by atoms with van der Waals surface area (Å²) in [5, 5.41) is 2.86. The van der Waals surface area contributed by atoms with Crippen LogP contribution in [0, 0.1) is 5.82 Å². The molecule has 0 heterocycles. The van der Waals surface area contributed by atoms with E-state index in [4.69, 9.17) is 5.73 Å². The summed E-state index contributed by atoms with van der Waals surface area (Å²) in [6.07, 6.45) is 0.422. The summed E-state index contributed by atoms with van der Waals surface area (Å²) >= 11 is 1.53. The quantitative estimate of drug-likeness (QED) is 0.794. The Labute approximate surface area is 123 Å². The summed E-state index contributed by atoms with van der Waals surface area (Å²) in [5.74, 6) is 0.403. The van der Waals surface area contributed by atoms with E-state index in [9.17, 15) is 9.18 Å². The van der Waals surface area contributed by atoms with Crippen molar-refractivity contribution in [3.63, 3.8) is 0 Å². The number of amides is 1. The fraction of sp³-hybridized carbons (Fsp3) is 0.462. The first-order valence-corrected chi connectivity index (χ1v) is 6.81. The Balaban J connectivity index is 0.00000324. The van der Waals surface area contributed by atoms with Crippen LogP contribution in [0.5, 0.6) is 0 Å². The van der Waals surface area contributed by atoms with Gasteiger partial charge in [0, 0.05) is 29.2 Å². The largest absolute Gasteiger partial charge is 0.350 e. The molecule has 6 heteroatoms. The highest BCUT2D eigenvalue weighted by atomic mass is 35.5. The monoisotopic (exact) mass is 306 g/mol. The van der Waals surface area contributed by atoms with Crippen LogP contribution in [0.1, 0.15) is 20.3 Å². The van der Waals surface area contributed by atoms with Crippen molar-refractivity contribution in [3.8, 4) is 0 Å². The van der Waals surface area contributed by atoms with Gasteiger partial charge in [-0.2, -0.15) is 0 Å². The van der Waals surface area contributed by atoms with Gasteiger partial charge in [0.05, 0.1) is 0 Å². The maximum absolute atomic E-state index is 12.7. The number of halogens is 2. The Bertz CT molecular complexity index is 398. The lowest BCUT2D eigenvalue weighted by Gasteiger charge is -2.24. The van der Waals surface area contributed by atoms with Crippen molar-refractivity contribution in [2.75, 3.05) is 12.3 Å². The van der Waals surface area contributed by atoms with Gasteiger partial charge in [-0.05, 0) is 38.1 Å². The fourth-order valence-electron chi connectivity index (χ4n) is 1.28. The van der Waals surface area contributed by atoms with Crippen molar-refractivity contribution < 1.29 is 9.18 Å². The van der Waals surface area contributed by atoms with E-state index >= 15 is 0 Å². The van der Waals surface area contributed by atoms with E-state index in [0.29, 0.717) is 18.7 Å². The Kier molecular flexibility index (Phi) is 8.06. The minimum absolute atomic E-state index is 0. The zero-order valence-corrected chi connectivity index (χ0v) is 12.7. The number of hydrogen-bond donors (Lipinski definition) is 2. The third kappa shape index (κ3) is 7.40. The van der Waals surface area contributed by atoms with E-state index in [1.807, 2.05) is 13.8 Å². The first kappa shape index (κ1) is 18.2. The van der Waals surface area contributed by atoms with Crippen LogP contribution in [-0.2, 0) is 4.79 Å². The van der Waals surface area contributed by atoms with Crippen LogP contribution in [0.4, 0.5) is 4.39 Å². The molecule has 3 nitrogen and oxygen atoms in total. The number of nitrogens with one attached hydrogen (secondary N) is 1. The van der Waals surface area contributed by atoms with Crippen molar-refractivity contribution in [1.82, 2.24) is 5.32 Å². The lowest BCUT2D eigenvalue weighted by molar-refractivity contribution is -0.122. The molecule has 0 aliphatic rings. The molecule has 0 fully saturated rings. The van der Waals surface area contributed by atoms with Gasteiger partial charge < -0.3 is 11.1 Å². The molecule has 0 unspecified atom stereocenters. The molecule has 19 heavy (non-hydrogen) atoms. The summed E-state index contributed by atoms with van der Waals surface area (Å²) in [6.45, 7) is 4.18. The minimum atomic E-state index is -0.363. The maximum Gasteiger partial charge on any atom is 0.221 e. The number of carbonyl (C=O) groups excluding carboxylic acids is 1. The van der Waals surface area contributed by atoms with Gasteiger partial charge in [-0.1, -0.05) is 0 Å². The second kappa shape index (κ2) is 8.40. The van der Waals surface area contributed by atoms with Crippen molar-refractivity contribution in [2.45, 2.75) is 30.7 Å². The summed E-state index contributed by atoms with van der Waals surface area (Å²) in [6, 6.07) is 6.25. The van der Waals surface area contributed by atoms with E-state index in [-0.39, 0.29) is 29.7 Å². The average molecular weight is 307 g/mol. The molecule has 108 valence electrons. The highest BCUT2D eigenvalue weighted by Crippen LogP contribution is 2.18. The van der Waals surface area contributed by atoms with Gasteiger partial charge >= 0.3 is 0 Å². The second-order valence-electron chi connectivity index (χ2n) is 4.69. The van der Waals surface area contributed by atoms with Gasteiger partial charge in [0.2, 0.25) is 5.91 Å². The van der Waals surface area contributed by atoms with Crippen molar-refractivity contribution >= 4 is 30.1 Å². The molecule has 1 aromatic carbocycles. The van der Waals surface area contributed by atoms with Gasteiger partial charge in [-0.25, -0.2) is 4.39 Å². The molecule has 0 spiro atoms. The molecule has 1 amide bonds. The normalized spacial score (nSPS) is 10.7. The Morgan fingerprint density at radius 1 is 1.37 bits per heavy atom. The number of carbonyl (C=O) groups is 1. The molecular formula is C13H20ClFN2OS.